The third-order valence-electron chi connectivity index (χ3n) is 2.38. The van der Waals surface area contributed by atoms with Crippen LogP contribution in [0, 0.1) is 5.82 Å². The number of benzene rings is 1. The van der Waals surface area contributed by atoms with E-state index in [2.05, 4.69) is 5.32 Å². The molecule has 0 heterocycles. The summed E-state index contributed by atoms with van der Waals surface area (Å²) in [6, 6.07) is 2.89. The number of rotatable bonds is 5. The molecule has 2 unspecified atom stereocenters. The van der Waals surface area contributed by atoms with Crippen LogP contribution >= 0.6 is 0 Å². The highest BCUT2D eigenvalue weighted by atomic mass is 19.3. The SMILES string of the molecule is CNCC(O)C(O)c1ccc(C(F)F)c(F)c1. The third kappa shape index (κ3) is 3.42. The van der Waals surface area contributed by atoms with E-state index in [-0.39, 0.29) is 12.1 Å². The number of likely N-dealkylation sites (N-methyl/N-ethyl adjacent to an activating group) is 1. The summed E-state index contributed by atoms with van der Waals surface area (Å²) < 4.78 is 37.8. The lowest BCUT2D eigenvalue weighted by atomic mass is 10.0. The van der Waals surface area contributed by atoms with Gasteiger partial charge in [0.1, 0.15) is 11.9 Å². The zero-order valence-corrected chi connectivity index (χ0v) is 9.20. The lowest BCUT2D eigenvalue weighted by Gasteiger charge is -2.18. The van der Waals surface area contributed by atoms with Gasteiger partial charge in [0.15, 0.2) is 0 Å². The van der Waals surface area contributed by atoms with Crippen molar-refractivity contribution in [2.75, 3.05) is 13.6 Å². The molecule has 0 saturated carbocycles. The Labute approximate surface area is 96.9 Å². The lowest BCUT2D eigenvalue weighted by molar-refractivity contribution is 0.0200. The summed E-state index contributed by atoms with van der Waals surface area (Å²) in [7, 11) is 1.58. The second-order valence-corrected chi connectivity index (χ2v) is 3.65. The molecule has 0 fully saturated rings. The molecule has 6 heteroatoms. The lowest BCUT2D eigenvalue weighted by Crippen LogP contribution is -2.29. The Morgan fingerprint density at radius 2 is 1.94 bits per heavy atom. The highest BCUT2D eigenvalue weighted by molar-refractivity contribution is 5.27. The summed E-state index contributed by atoms with van der Waals surface area (Å²) in [5, 5.41) is 21.7. The Bertz CT molecular complexity index is 374. The Balaban J connectivity index is 2.89. The average Bonchev–Trinajstić information content (AvgIpc) is 2.27. The maximum atomic E-state index is 13.2. The molecule has 0 amide bonds. The zero-order chi connectivity index (χ0) is 13.0. The molecule has 0 spiro atoms. The van der Waals surface area contributed by atoms with Crippen molar-refractivity contribution in [3.63, 3.8) is 0 Å². The van der Waals surface area contributed by atoms with Crippen LogP contribution in [0.15, 0.2) is 18.2 Å². The average molecular weight is 249 g/mol. The summed E-state index contributed by atoms with van der Waals surface area (Å²) in [6.07, 6.45) is -5.34. The quantitative estimate of drug-likeness (QED) is 0.739. The predicted octanol–water partition coefficient (Wildman–Crippen LogP) is 1.38. The molecule has 1 aromatic rings. The summed E-state index contributed by atoms with van der Waals surface area (Å²) in [5.41, 5.74) is -0.654. The van der Waals surface area contributed by atoms with Crippen molar-refractivity contribution in [2.45, 2.75) is 18.6 Å². The van der Waals surface area contributed by atoms with E-state index in [1.807, 2.05) is 0 Å². The second kappa shape index (κ2) is 6.00. The normalized spacial score (nSPS) is 15.0. The number of hydrogen-bond acceptors (Lipinski definition) is 3. The van der Waals surface area contributed by atoms with Crippen LogP contribution in [0.3, 0.4) is 0 Å². The fourth-order valence-electron chi connectivity index (χ4n) is 1.45. The van der Waals surface area contributed by atoms with E-state index in [1.165, 1.54) is 6.07 Å². The van der Waals surface area contributed by atoms with Gasteiger partial charge >= 0.3 is 0 Å². The van der Waals surface area contributed by atoms with Gasteiger partial charge in [-0.3, -0.25) is 0 Å². The van der Waals surface area contributed by atoms with Crippen LogP contribution in [0.1, 0.15) is 23.7 Å². The maximum Gasteiger partial charge on any atom is 0.266 e. The number of halogens is 3. The van der Waals surface area contributed by atoms with E-state index in [4.69, 9.17) is 0 Å². The summed E-state index contributed by atoms with van der Waals surface area (Å²) >= 11 is 0. The summed E-state index contributed by atoms with van der Waals surface area (Å²) in [6.45, 7) is 0.111. The van der Waals surface area contributed by atoms with Crippen LogP contribution in [0.4, 0.5) is 13.2 Å². The maximum absolute atomic E-state index is 13.2. The van der Waals surface area contributed by atoms with Gasteiger partial charge in [-0.25, -0.2) is 13.2 Å². The highest BCUT2D eigenvalue weighted by Gasteiger charge is 2.20. The molecular weight excluding hydrogens is 235 g/mol. The Morgan fingerprint density at radius 1 is 1.29 bits per heavy atom. The fourth-order valence-corrected chi connectivity index (χ4v) is 1.45. The minimum atomic E-state index is -2.90. The van der Waals surface area contributed by atoms with Gasteiger partial charge in [0.2, 0.25) is 0 Å². The van der Waals surface area contributed by atoms with Gasteiger partial charge < -0.3 is 15.5 Å². The van der Waals surface area contributed by atoms with Gasteiger partial charge in [0.05, 0.1) is 11.7 Å². The first-order valence-electron chi connectivity index (χ1n) is 5.05. The van der Waals surface area contributed by atoms with Crippen molar-refractivity contribution < 1.29 is 23.4 Å². The number of nitrogens with one attached hydrogen (secondary N) is 1. The Hall–Kier alpha value is -1.11. The number of aliphatic hydroxyl groups excluding tert-OH is 2. The van der Waals surface area contributed by atoms with Gasteiger partial charge in [0.25, 0.3) is 6.43 Å². The standard InChI is InChI=1S/C11H14F3NO2/c1-15-5-9(16)10(17)6-2-3-7(11(13)14)8(12)4-6/h2-4,9-11,15-17H,5H2,1H3. The molecule has 0 aliphatic rings. The van der Waals surface area contributed by atoms with Gasteiger partial charge in [0, 0.05) is 6.54 Å². The van der Waals surface area contributed by atoms with E-state index in [0.717, 1.165) is 12.1 Å². The van der Waals surface area contributed by atoms with Crippen molar-refractivity contribution in [3.8, 4) is 0 Å². The molecule has 0 saturated heterocycles. The monoisotopic (exact) mass is 249 g/mol. The van der Waals surface area contributed by atoms with Crippen LogP contribution in [0.25, 0.3) is 0 Å². The van der Waals surface area contributed by atoms with Crippen molar-refractivity contribution >= 4 is 0 Å². The molecule has 1 rings (SSSR count). The minimum absolute atomic E-state index is 0.0645. The van der Waals surface area contributed by atoms with Gasteiger partial charge in [-0.05, 0) is 18.7 Å². The molecule has 0 aromatic heterocycles. The van der Waals surface area contributed by atoms with Gasteiger partial charge in [-0.1, -0.05) is 12.1 Å². The van der Waals surface area contributed by atoms with Crippen molar-refractivity contribution in [1.29, 1.82) is 0 Å². The van der Waals surface area contributed by atoms with E-state index >= 15 is 0 Å². The zero-order valence-electron chi connectivity index (χ0n) is 9.20. The van der Waals surface area contributed by atoms with Crippen LogP contribution < -0.4 is 5.32 Å². The molecule has 2 atom stereocenters. The second-order valence-electron chi connectivity index (χ2n) is 3.65. The summed E-state index contributed by atoms with van der Waals surface area (Å²) in [4.78, 5) is 0. The minimum Gasteiger partial charge on any atom is -0.389 e. The van der Waals surface area contributed by atoms with E-state index < -0.39 is 30.0 Å². The molecule has 96 valence electrons. The summed E-state index contributed by atoms with van der Waals surface area (Å²) in [5.74, 6) is -1.09. The first-order chi connectivity index (χ1) is 7.97. The molecule has 0 aliphatic carbocycles. The van der Waals surface area contributed by atoms with E-state index in [0.29, 0.717) is 0 Å². The fraction of sp³-hybridized carbons (Fsp3) is 0.455. The van der Waals surface area contributed by atoms with Crippen LogP contribution in [-0.4, -0.2) is 29.9 Å². The topological polar surface area (TPSA) is 52.5 Å². The van der Waals surface area contributed by atoms with Crippen molar-refractivity contribution in [2.24, 2.45) is 0 Å². The number of aliphatic hydroxyl groups is 2. The molecular formula is C11H14F3NO2. The van der Waals surface area contributed by atoms with Gasteiger partial charge in [-0.2, -0.15) is 0 Å². The molecule has 0 aliphatic heterocycles. The predicted molar refractivity (Wildman–Crippen MR) is 56.3 cm³/mol. The molecule has 3 N–H and O–H groups in total. The smallest absolute Gasteiger partial charge is 0.266 e. The van der Waals surface area contributed by atoms with E-state index in [1.54, 1.807) is 7.05 Å². The highest BCUT2D eigenvalue weighted by Crippen LogP contribution is 2.25. The Morgan fingerprint density at radius 3 is 2.41 bits per heavy atom. The Kier molecular flexibility index (Phi) is 4.92. The van der Waals surface area contributed by atoms with Crippen LogP contribution in [0.2, 0.25) is 0 Å². The third-order valence-corrected chi connectivity index (χ3v) is 2.38. The molecule has 3 nitrogen and oxygen atoms in total. The molecule has 17 heavy (non-hydrogen) atoms. The first-order valence-corrected chi connectivity index (χ1v) is 5.05. The van der Waals surface area contributed by atoms with Crippen LogP contribution in [0.5, 0.6) is 0 Å². The van der Waals surface area contributed by atoms with Gasteiger partial charge in [-0.15, -0.1) is 0 Å². The number of alkyl halides is 2. The van der Waals surface area contributed by atoms with Crippen LogP contribution in [-0.2, 0) is 0 Å². The van der Waals surface area contributed by atoms with E-state index in [9.17, 15) is 23.4 Å². The molecule has 0 radical (unpaired) electrons. The molecule has 0 bridgehead atoms. The van der Waals surface area contributed by atoms with Crippen molar-refractivity contribution in [1.82, 2.24) is 5.32 Å². The largest absolute Gasteiger partial charge is 0.389 e. The molecule has 1 aromatic carbocycles. The number of hydrogen-bond donors (Lipinski definition) is 3. The first kappa shape index (κ1) is 14.0. The van der Waals surface area contributed by atoms with Crippen molar-refractivity contribution in [3.05, 3.63) is 35.1 Å².